The molecule has 0 spiro atoms. The monoisotopic (exact) mass is 392 g/mol. The molecular formula is C22H32O6. The van der Waals surface area contributed by atoms with Crippen molar-refractivity contribution < 1.29 is 28.6 Å². The molecule has 0 radical (unpaired) electrons. The molecular weight excluding hydrogens is 360 g/mol. The number of methoxy groups -OCH3 is 2. The molecule has 0 atom stereocenters. The Morgan fingerprint density at radius 2 is 1.54 bits per heavy atom. The van der Waals surface area contributed by atoms with Crippen molar-refractivity contribution in [2.75, 3.05) is 14.2 Å². The van der Waals surface area contributed by atoms with E-state index in [0.29, 0.717) is 23.5 Å². The molecule has 2 aliphatic rings. The molecule has 0 heterocycles. The second kappa shape index (κ2) is 10.4. The number of carbonyl (C=O) groups is 3. The molecule has 2 rings (SSSR count). The first-order chi connectivity index (χ1) is 13.4. The van der Waals surface area contributed by atoms with Gasteiger partial charge in [-0.2, -0.15) is 0 Å². The van der Waals surface area contributed by atoms with E-state index in [9.17, 15) is 14.4 Å². The van der Waals surface area contributed by atoms with Crippen molar-refractivity contribution in [1.29, 1.82) is 0 Å². The average Bonchev–Trinajstić information content (AvgIpc) is 2.67. The van der Waals surface area contributed by atoms with Crippen LogP contribution in [0, 0.1) is 5.92 Å². The Kier molecular flexibility index (Phi) is 8.27. The first-order valence-corrected chi connectivity index (χ1v) is 10.2. The largest absolute Gasteiger partial charge is 0.489 e. The Morgan fingerprint density at radius 3 is 2.11 bits per heavy atom. The van der Waals surface area contributed by atoms with E-state index in [1.54, 1.807) is 6.92 Å². The van der Waals surface area contributed by atoms with Gasteiger partial charge in [0.15, 0.2) is 0 Å². The molecule has 6 heteroatoms. The molecule has 0 aliphatic heterocycles. The highest BCUT2D eigenvalue weighted by Gasteiger charge is 2.34. The molecule has 0 amide bonds. The van der Waals surface area contributed by atoms with Gasteiger partial charge < -0.3 is 14.2 Å². The number of ether oxygens (including phenoxy) is 3. The number of unbranched alkanes of at least 4 members (excludes halogenated alkanes) is 2. The Bertz CT molecular complexity index is 665. The molecule has 0 bridgehead atoms. The second-order valence-corrected chi connectivity index (χ2v) is 7.68. The first kappa shape index (κ1) is 22.2. The first-order valence-electron chi connectivity index (χ1n) is 10.2. The number of hydrogen-bond acceptors (Lipinski definition) is 6. The molecule has 2 aliphatic carbocycles. The van der Waals surface area contributed by atoms with E-state index < -0.39 is 0 Å². The average molecular weight is 392 g/mol. The van der Waals surface area contributed by atoms with Crippen LogP contribution in [0.4, 0.5) is 0 Å². The van der Waals surface area contributed by atoms with E-state index in [0.717, 1.165) is 51.4 Å². The molecule has 6 nitrogen and oxygen atoms in total. The minimum atomic E-state index is -0.265. The maximum atomic E-state index is 12.6. The van der Waals surface area contributed by atoms with Gasteiger partial charge in [-0.3, -0.25) is 14.4 Å². The third kappa shape index (κ3) is 5.46. The van der Waals surface area contributed by atoms with Gasteiger partial charge in [0, 0.05) is 18.1 Å². The summed E-state index contributed by atoms with van der Waals surface area (Å²) in [5.41, 5.74) is 1.01. The predicted octanol–water partition coefficient (Wildman–Crippen LogP) is 4.03. The molecule has 1 saturated carbocycles. The predicted molar refractivity (Wildman–Crippen MR) is 104 cm³/mol. The van der Waals surface area contributed by atoms with Gasteiger partial charge in [0.25, 0.3) is 0 Å². The molecule has 0 aromatic rings. The topological polar surface area (TPSA) is 78.9 Å². The molecule has 0 aromatic carbocycles. The van der Waals surface area contributed by atoms with E-state index in [1.807, 2.05) is 0 Å². The van der Waals surface area contributed by atoms with E-state index in [1.165, 1.54) is 21.1 Å². The lowest BCUT2D eigenvalue weighted by Gasteiger charge is -2.28. The summed E-state index contributed by atoms with van der Waals surface area (Å²) in [6.07, 6.45) is 8.97. The Hall–Kier alpha value is -2.11. The molecule has 0 saturated heterocycles. The quantitative estimate of drug-likeness (QED) is 0.335. The number of esters is 1. The smallest absolute Gasteiger partial charge is 0.302 e. The summed E-state index contributed by atoms with van der Waals surface area (Å²) in [7, 11) is 2.76. The van der Waals surface area contributed by atoms with Crippen molar-refractivity contribution in [2.45, 2.75) is 77.7 Å². The van der Waals surface area contributed by atoms with E-state index in [-0.39, 0.29) is 35.2 Å². The standard InChI is InChI=1S/C22H32O6/c1-14-18(20(25)22(27-4)21(26-3)19(14)24)9-7-5-6-8-16-10-12-17(13-11-16)28-15(2)23/h16-17H,5-13H2,1-4H3/t16-,17-. The summed E-state index contributed by atoms with van der Waals surface area (Å²) in [5.74, 6) is 0.0142. The van der Waals surface area contributed by atoms with Crippen LogP contribution in [0.15, 0.2) is 22.7 Å². The molecule has 0 N–H and O–H groups in total. The summed E-state index contributed by atoms with van der Waals surface area (Å²) >= 11 is 0. The highest BCUT2D eigenvalue weighted by molar-refractivity contribution is 6.23. The number of allylic oxidation sites excluding steroid dienone is 2. The zero-order valence-electron chi connectivity index (χ0n) is 17.5. The molecule has 0 aromatic heterocycles. The fourth-order valence-electron chi connectivity index (χ4n) is 4.18. The highest BCUT2D eigenvalue weighted by atomic mass is 16.5. The lowest BCUT2D eigenvalue weighted by Crippen LogP contribution is -2.25. The fourth-order valence-corrected chi connectivity index (χ4v) is 4.18. The third-order valence-electron chi connectivity index (χ3n) is 5.76. The molecule has 0 unspecified atom stereocenters. The van der Waals surface area contributed by atoms with Crippen molar-refractivity contribution >= 4 is 17.5 Å². The molecule has 28 heavy (non-hydrogen) atoms. The molecule has 1 fully saturated rings. The van der Waals surface area contributed by atoms with Gasteiger partial charge in [-0.1, -0.05) is 19.3 Å². The number of Topliss-reactive ketones (excluding diaryl/α,β-unsaturated/α-hetero) is 2. The van der Waals surface area contributed by atoms with Crippen LogP contribution in [0.3, 0.4) is 0 Å². The van der Waals surface area contributed by atoms with Gasteiger partial charge in [0.1, 0.15) is 6.10 Å². The van der Waals surface area contributed by atoms with Gasteiger partial charge in [-0.25, -0.2) is 0 Å². The van der Waals surface area contributed by atoms with Crippen LogP contribution in [-0.4, -0.2) is 37.9 Å². The minimum Gasteiger partial charge on any atom is -0.489 e. The SMILES string of the molecule is COC1=C(OC)C(=O)C(CCCCC[C@H]2CC[C@H](OC(C)=O)CC2)=C(C)C1=O. The zero-order chi connectivity index (χ0) is 20.7. The molecule has 156 valence electrons. The number of carbonyl (C=O) groups excluding carboxylic acids is 3. The Balaban J connectivity index is 1.74. The summed E-state index contributed by atoms with van der Waals surface area (Å²) in [5, 5.41) is 0. The van der Waals surface area contributed by atoms with Crippen LogP contribution >= 0.6 is 0 Å². The minimum absolute atomic E-state index is 0.00175. The Morgan fingerprint density at radius 1 is 0.929 bits per heavy atom. The zero-order valence-corrected chi connectivity index (χ0v) is 17.5. The van der Waals surface area contributed by atoms with Crippen LogP contribution in [-0.2, 0) is 28.6 Å². The van der Waals surface area contributed by atoms with Crippen molar-refractivity contribution in [3.63, 3.8) is 0 Å². The summed E-state index contributed by atoms with van der Waals surface area (Å²) < 4.78 is 15.5. The van der Waals surface area contributed by atoms with Gasteiger partial charge in [-0.15, -0.1) is 0 Å². The van der Waals surface area contributed by atoms with Crippen molar-refractivity contribution in [2.24, 2.45) is 5.92 Å². The van der Waals surface area contributed by atoms with Gasteiger partial charge in [0.2, 0.25) is 23.1 Å². The van der Waals surface area contributed by atoms with Crippen LogP contribution in [0.25, 0.3) is 0 Å². The van der Waals surface area contributed by atoms with Crippen LogP contribution in [0.1, 0.15) is 71.6 Å². The Labute approximate surface area is 167 Å². The van der Waals surface area contributed by atoms with Crippen LogP contribution in [0.5, 0.6) is 0 Å². The maximum absolute atomic E-state index is 12.6. The van der Waals surface area contributed by atoms with Crippen LogP contribution in [0.2, 0.25) is 0 Å². The highest BCUT2D eigenvalue weighted by Crippen LogP contribution is 2.31. The van der Waals surface area contributed by atoms with Crippen molar-refractivity contribution in [1.82, 2.24) is 0 Å². The normalized spacial score (nSPS) is 23.1. The van der Waals surface area contributed by atoms with E-state index >= 15 is 0 Å². The summed E-state index contributed by atoms with van der Waals surface area (Å²) in [6.45, 7) is 3.15. The van der Waals surface area contributed by atoms with Gasteiger partial charge >= 0.3 is 5.97 Å². The lowest BCUT2D eigenvalue weighted by molar-refractivity contribution is -0.148. The van der Waals surface area contributed by atoms with Gasteiger partial charge in [0.05, 0.1) is 14.2 Å². The lowest BCUT2D eigenvalue weighted by atomic mass is 9.83. The summed E-state index contributed by atoms with van der Waals surface area (Å²) in [4.78, 5) is 36.0. The number of hydrogen-bond donors (Lipinski definition) is 0. The van der Waals surface area contributed by atoms with E-state index in [4.69, 9.17) is 14.2 Å². The van der Waals surface area contributed by atoms with Crippen molar-refractivity contribution in [3.05, 3.63) is 22.7 Å². The third-order valence-corrected chi connectivity index (χ3v) is 5.76. The van der Waals surface area contributed by atoms with E-state index in [2.05, 4.69) is 0 Å². The summed E-state index contributed by atoms with van der Waals surface area (Å²) in [6, 6.07) is 0. The number of ketones is 2. The van der Waals surface area contributed by atoms with Gasteiger partial charge in [-0.05, 0) is 51.4 Å². The fraction of sp³-hybridized carbons (Fsp3) is 0.682. The second-order valence-electron chi connectivity index (χ2n) is 7.68. The van der Waals surface area contributed by atoms with Crippen molar-refractivity contribution in [3.8, 4) is 0 Å². The maximum Gasteiger partial charge on any atom is 0.302 e. The van der Waals surface area contributed by atoms with Crippen LogP contribution < -0.4 is 0 Å². The number of rotatable bonds is 9.